The van der Waals surface area contributed by atoms with Crippen molar-refractivity contribution < 1.29 is 4.42 Å². The van der Waals surface area contributed by atoms with Crippen LogP contribution in [-0.2, 0) is 12.0 Å². The minimum absolute atomic E-state index is 0.0507. The number of rotatable bonds is 6. The molecule has 0 aliphatic rings. The summed E-state index contributed by atoms with van der Waals surface area (Å²) in [6.07, 6.45) is 1.08. The fourth-order valence-corrected chi connectivity index (χ4v) is 2.11. The Balaban J connectivity index is 2.09. The van der Waals surface area contributed by atoms with Crippen LogP contribution in [0.1, 0.15) is 45.6 Å². The van der Waals surface area contributed by atoms with Crippen molar-refractivity contribution in [2.24, 2.45) is 0 Å². The summed E-state index contributed by atoms with van der Waals surface area (Å²) in [6, 6.07) is 8.61. The van der Waals surface area contributed by atoms with Crippen LogP contribution in [0.5, 0.6) is 0 Å². The lowest BCUT2D eigenvalue weighted by Gasteiger charge is -2.22. The van der Waals surface area contributed by atoms with Crippen LogP contribution >= 0.6 is 0 Å². The van der Waals surface area contributed by atoms with Crippen LogP contribution in [0.3, 0.4) is 0 Å². The SMILES string of the molecule is CCCNCc1nnc(Nc2ccccc2C(C)(C)C)o1. The molecule has 0 fully saturated rings. The molecule has 0 bridgehead atoms. The minimum Gasteiger partial charge on any atom is -0.406 e. The average Bonchev–Trinajstić information content (AvgIpc) is 2.86. The van der Waals surface area contributed by atoms with Gasteiger partial charge in [0, 0.05) is 5.69 Å². The number of nitrogens with zero attached hydrogens (tertiary/aromatic N) is 2. The van der Waals surface area contributed by atoms with E-state index in [1.165, 1.54) is 5.56 Å². The Bertz CT molecular complexity index is 572. The van der Waals surface area contributed by atoms with Gasteiger partial charge in [-0.2, -0.15) is 0 Å². The Morgan fingerprint density at radius 1 is 1.14 bits per heavy atom. The minimum atomic E-state index is 0.0507. The Morgan fingerprint density at radius 3 is 2.62 bits per heavy atom. The second-order valence-corrected chi connectivity index (χ2v) is 6.10. The average molecular weight is 288 g/mol. The van der Waals surface area contributed by atoms with E-state index in [0.29, 0.717) is 18.5 Å². The zero-order valence-corrected chi connectivity index (χ0v) is 13.2. The second kappa shape index (κ2) is 6.72. The van der Waals surface area contributed by atoms with Crippen LogP contribution < -0.4 is 10.6 Å². The van der Waals surface area contributed by atoms with Gasteiger partial charge in [0.15, 0.2) is 0 Å². The number of hydrogen-bond donors (Lipinski definition) is 2. The van der Waals surface area contributed by atoms with Crippen molar-refractivity contribution >= 4 is 11.7 Å². The lowest BCUT2D eigenvalue weighted by molar-refractivity contribution is 0.479. The van der Waals surface area contributed by atoms with E-state index < -0.39 is 0 Å². The normalized spacial score (nSPS) is 11.6. The molecule has 1 aromatic carbocycles. The zero-order chi connectivity index (χ0) is 15.3. The van der Waals surface area contributed by atoms with Crippen LogP contribution in [0.4, 0.5) is 11.7 Å². The molecule has 21 heavy (non-hydrogen) atoms. The highest BCUT2D eigenvalue weighted by molar-refractivity contribution is 5.59. The van der Waals surface area contributed by atoms with Gasteiger partial charge in [0.2, 0.25) is 5.89 Å². The van der Waals surface area contributed by atoms with Gasteiger partial charge in [-0.1, -0.05) is 51.0 Å². The fraction of sp³-hybridized carbons (Fsp3) is 0.500. The molecule has 0 radical (unpaired) electrons. The first kappa shape index (κ1) is 15.5. The van der Waals surface area contributed by atoms with Crippen molar-refractivity contribution in [2.75, 3.05) is 11.9 Å². The summed E-state index contributed by atoms with van der Waals surface area (Å²) in [4.78, 5) is 0. The molecular formula is C16H24N4O. The van der Waals surface area contributed by atoms with Gasteiger partial charge < -0.3 is 15.1 Å². The highest BCUT2D eigenvalue weighted by atomic mass is 16.4. The number of para-hydroxylation sites is 1. The van der Waals surface area contributed by atoms with Crippen LogP contribution in [0.25, 0.3) is 0 Å². The van der Waals surface area contributed by atoms with Crippen molar-refractivity contribution in [3.8, 4) is 0 Å². The van der Waals surface area contributed by atoms with Crippen LogP contribution in [0.15, 0.2) is 28.7 Å². The highest BCUT2D eigenvalue weighted by Crippen LogP contribution is 2.30. The van der Waals surface area contributed by atoms with E-state index in [4.69, 9.17) is 4.42 Å². The van der Waals surface area contributed by atoms with Gasteiger partial charge in [-0.25, -0.2) is 0 Å². The molecule has 0 saturated carbocycles. The summed E-state index contributed by atoms with van der Waals surface area (Å²) in [6.45, 7) is 10.2. The predicted octanol–water partition coefficient (Wildman–Crippen LogP) is 3.61. The smallest absolute Gasteiger partial charge is 0.320 e. The number of hydrogen-bond acceptors (Lipinski definition) is 5. The molecule has 0 aliphatic heterocycles. The molecule has 2 rings (SSSR count). The van der Waals surface area contributed by atoms with Gasteiger partial charge in [-0.15, -0.1) is 5.10 Å². The molecule has 114 valence electrons. The summed E-state index contributed by atoms with van der Waals surface area (Å²) in [7, 11) is 0. The standard InChI is InChI=1S/C16H24N4O/c1-5-10-17-11-14-19-20-15(21-14)18-13-9-7-6-8-12(13)16(2,3)4/h6-9,17H,5,10-11H2,1-4H3,(H,18,20). The molecule has 1 heterocycles. The molecule has 5 nitrogen and oxygen atoms in total. The molecule has 0 amide bonds. The molecular weight excluding hydrogens is 264 g/mol. The maximum absolute atomic E-state index is 5.61. The van der Waals surface area contributed by atoms with Crippen molar-refractivity contribution in [2.45, 2.75) is 46.1 Å². The lowest BCUT2D eigenvalue weighted by Crippen LogP contribution is -2.14. The molecule has 2 aromatic rings. The zero-order valence-electron chi connectivity index (χ0n) is 13.2. The van der Waals surface area contributed by atoms with E-state index >= 15 is 0 Å². The second-order valence-electron chi connectivity index (χ2n) is 6.10. The van der Waals surface area contributed by atoms with E-state index in [2.05, 4.69) is 54.6 Å². The van der Waals surface area contributed by atoms with E-state index in [1.807, 2.05) is 18.2 Å². The predicted molar refractivity (Wildman–Crippen MR) is 84.7 cm³/mol. The quantitative estimate of drug-likeness (QED) is 0.795. The number of aromatic nitrogens is 2. The van der Waals surface area contributed by atoms with E-state index in [9.17, 15) is 0 Å². The Labute approximate surface area is 126 Å². The summed E-state index contributed by atoms with van der Waals surface area (Å²) in [5.74, 6) is 0.596. The van der Waals surface area contributed by atoms with Crippen molar-refractivity contribution in [1.29, 1.82) is 0 Å². The molecule has 0 unspecified atom stereocenters. The number of nitrogens with one attached hydrogen (secondary N) is 2. The van der Waals surface area contributed by atoms with Gasteiger partial charge in [0.25, 0.3) is 0 Å². The van der Waals surface area contributed by atoms with Crippen molar-refractivity contribution in [3.05, 3.63) is 35.7 Å². The summed E-state index contributed by atoms with van der Waals surface area (Å²) >= 11 is 0. The first-order chi connectivity index (χ1) is 10.0. The molecule has 0 spiro atoms. The largest absolute Gasteiger partial charge is 0.406 e. The van der Waals surface area contributed by atoms with E-state index in [-0.39, 0.29) is 5.41 Å². The Kier molecular flexibility index (Phi) is 4.96. The van der Waals surface area contributed by atoms with Crippen LogP contribution in [0.2, 0.25) is 0 Å². The molecule has 0 saturated heterocycles. The molecule has 5 heteroatoms. The van der Waals surface area contributed by atoms with Crippen LogP contribution in [-0.4, -0.2) is 16.7 Å². The Morgan fingerprint density at radius 2 is 1.90 bits per heavy atom. The van der Waals surface area contributed by atoms with E-state index in [1.54, 1.807) is 0 Å². The topological polar surface area (TPSA) is 63.0 Å². The third-order valence-corrected chi connectivity index (χ3v) is 3.15. The van der Waals surface area contributed by atoms with Gasteiger partial charge in [0.05, 0.1) is 6.54 Å². The van der Waals surface area contributed by atoms with Gasteiger partial charge in [-0.05, 0) is 30.0 Å². The Hall–Kier alpha value is -1.88. The number of anilines is 2. The summed E-state index contributed by atoms with van der Waals surface area (Å²) in [5, 5.41) is 14.5. The monoisotopic (exact) mass is 288 g/mol. The summed E-state index contributed by atoms with van der Waals surface area (Å²) < 4.78 is 5.61. The maximum Gasteiger partial charge on any atom is 0.320 e. The first-order valence-corrected chi connectivity index (χ1v) is 7.40. The third kappa shape index (κ3) is 4.29. The summed E-state index contributed by atoms with van der Waals surface area (Å²) in [5.41, 5.74) is 2.27. The highest BCUT2D eigenvalue weighted by Gasteiger charge is 2.18. The first-order valence-electron chi connectivity index (χ1n) is 7.40. The molecule has 1 aromatic heterocycles. The van der Waals surface area contributed by atoms with Gasteiger partial charge in [-0.3, -0.25) is 0 Å². The van der Waals surface area contributed by atoms with Gasteiger partial charge >= 0.3 is 6.01 Å². The molecule has 0 atom stereocenters. The van der Waals surface area contributed by atoms with Gasteiger partial charge in [0.1, 0.15) is 0 Å². The number of benzene rings is 1. The molecule has 2 N–H and O–H groups in total. The van der Waals surface area contributed by atoms with E-state index in [0.717, 1.165) is 18.7 Å². The molecule has 0 aliphatic carbocycles. The van der Waals surface area contributed by atoms with Crippen molar-refractivity contribution in [3.63, 3.8) is 0 Å². The maximum atomic E-state index is 5.61. The van der Waals surface area contributed by atoms with Crippen molar-refractivity contribution in [1.82, 2.24) is 15.5 Å². The lowest BCUT2D eigenvalue weighted by atomic mass is 9.86. The fourth-order valence-electron chi connectivity index (χ4n) is 2.11. The van der Waals surface area contributed by atoms with Crippen LogP contribution in [0, 0.1) is 0 Å². The third-order valence-electron chi connectivity index (χ3n) is 3.15.